The fourth-order valence-electron chi connectivity index (χ4n) is 2.00. The molecule has 0 heterocycles. The van der Waals surface area contributed by atoms with Crippen molar-refractivity contribution >= 4 is 0 Å². The second-order valence-electron chi connectivity index (χ2n) is 4.64. The zero-order chi connectivity index (χ0) is 13.5. The molecule has 0 aromatic heterocycles. The van der Waals surface area contributed by atoms with Crippen LogP contribution in [0.25, 0.3) is 0 Å². The zero-order valence-corrected chi connectivity index (χ0v) is 11.4. The molecule has 0 unspecified atom stereocenters. The van der Waals surface area contributed by atoms with Gasteiger partial charge in [0.15, 0.2) is 0 Å². The van der Waals surface area contributed by atoms with Crippen molar-refractivity contribution in [2.75, 3.05) is 6.54 Å². The highest BCUT2D eigenvalue weighted by molar-refractivity contribution is 5.29. The van der Waals surface area contributed by atoms with Crippen LogP contribution in [-0.4, -0.2) is 6.54 Å². The Morgan fingerprint density at radius 2 is 1.68 bits per heavy atom. The van der Waals surface area contributed by atoms with Gasteiger partial charge in [-0.1, -0.05) is 43.3 Å². The van der Waals surface area contributed by atoms with E-state index in [0.29, 0.717) is 13.2 Å². The van der Waals surface area contributed by atoms with Crippen LogP contribution in [0.2, 0.25) is 0 Å². The van der Waals surface area contributed by atoms with E-state index in [1.807, 2.05) is 12.1 Å². The molecule has 2 N–H and O–H groups in total. The normalized spacial score (nSPS) is 10.4. The predicted octanol–water partition coefficient (Wildman–Crippen LogP) is 3.33. The smallest absolute Gasteiger partial charge is 0.120 e. The van der Waals surface area contributed by atoms with Crippen LogP contribution in [0, 0.1) is 0 Å². The molecule has 0 aliphatic rings. The van der Waals surface area contributed by atoms with Crippen LogP contribution in [0.1, 0.15) is 23.6 Å². The van der Waals surface area contributed by atoms with E-state index in [0.717, 1.165) is 18.6 Å². The number of rotatable bonds is 6. The maximum absolute atomic E-state index is 5.81. The molecule has 0 aliphatic heterocycles. The van der Waals surface area contributed by atoms with E-state index < -0.39 is 0 Å². The summed E-state index contributed by atoms with van der Waals surface area (Å²) >= 11 is 0. The van der Waals surface area contributed by atoms with Crippen molar-refractivity contribution in [1.29, 1.82) is 0 Å². The highest BCUT2D eigenvalue weighted by Crippen LogP contribution is 2.15. The maximum atomic E-state index is 5.81. The molecule has 2 aromatic carbocycles. The first kappa shape index (κ1) is 13.6. The summed E-state index contributed by atoms with van der Waals surface area (Å²) in [7, 11) is 0. The van der Waals surface area contributed by atoms with E-state index in [9.17, 15) is 0 Å². The molecule has 0 bridgehead atoms. The van der Waals surface area contributed by atoms with Gasteiger partial charge in [0.1, 0.15) is 12.4 Å². The summed E-state index contributed by atoms with van der Waals surface area (Å²) in [4.78, 5) is 0. The Morgan fingerprint density at radius 3 is 2.37 bits per heavy atom. The first-order valence-electron chi connectivity index (χ1n) is 6.81. The second kappa shape index (κ2) is 6.95. The topological polar surface area (TPSA) is 35.2 Å². The van der Waals surface area contributed by atoms with E-state index in [4.69, 9.17) is 10.5 Å². The average molecular weight is 255 g/mol. The quantitative estimate of drug-likeness (QED) is 0.859. The fourth-order valence-corrected chi connectivity index (χ4v) is 2.00. The minimum Gasteiger partial charge on any atom is -0.489 e. The number of aryl methyl sites for hydroxylation is 1. The highest BCUT2D eigenvalue weighted by atomic mass is 16.5. The summed E-state index contributed by atoms with van der Waals surface area (Å²) < 4.78 is 5.81. The molecule has 0 spiro atoms. The zero-order valence-electron chi connectivity index (χ0n) is 11.4. The van der Waals surface area contributed by atoms with Crippen LogP contribution < -0.4 is 10.5 Å². The third-order valence-corrected chi connectivity index (χ3v) is 3.17. The van der Waals surface area contributed by atoms with Crippen molar-refractivity contribution in [3.8, 4) is 5.75 Å². The van der Waals surface area contributed by atoms with Crippen LogP contribution in [0.4, 0.5) is 0 Å². The Kier molecular flexibility index (Phi) is 4.99. The Bertz CT molecular complexity index is 505. The van der Waals surface area contributed by atoms with Crippen molar-refractivity contribution < 1.29 is 4.74 Å². The minimum absolute atomic E-state index is 0.607. The van der Waals surface area contributed by atoms with Crippen LogP contribution in [0.3, 0.4) is 0 Å². The van der Waals surface area contributed by atoms with Gasteiger partial charge >= 0.3 is 0 Å². The monoisotopic (exact) mass is 255 g/mol. The highest BCUT2D eigenvalue weighted by Gasteiger charge is 1.98. The average Bonchev–Trinajstić information content (AvgIpc) is 2.46. The van der Waals surface area contributed by atoms with Gasteiger partial charge in [0, 0.05) is 0 Å². The number of nitrogens with two attached hydrogens (primary N) is 1. The molecule has 19 heavy (non-hydrogen) atoms. The number of benzene rings is 2. The third-order valence-electron chi connectivity index (χ3n) is 3.17. The molecule has 2 nitrogen and oxygen atoms in total. The van der Waals surface area contributed by atoms with E-state index in [1.54, 1.807) is 0 Å². The van der Waals surface area contributed by atoms with Gasteiger partial charge in [0.25, 0.3) is 0 Å². The van der Waals surface area contributed by atoms with Gasteiger partial charge in [0.2, 0.25) is 0 Å². The first-order chi connectivity index (χ1) is 9.31. The molecule has 0 aliphatic carbocycles. The van der Waals surface area contributed by atoms with Gasteiger partial charge in [-0.05, 0) is 48.2 Å². The van der Waals surface area contributed by atoms with E-state index in [-0.39, 0.29) is 0 Å². The van der Waals surface area contributed by atoms with E-state index in [1.165, 1.54) is 16.7 Å². The molecule has 0 saturated carbocycles. The van der Waals surface area contributed by atoms with E-state index in [2.05, 4.69) is 43.3 Å². The van der Waals surface area contributed by atoms with Gasteiger partial charge in [-0.3, -0.25) is 0 Å². The summed E-state index contributed by atoms with van der Waals surface area (Å²) in [6.07, 6.45) is 1.96. The van der Waals surface area contributed by atoms with Crippen molar-refractivity contribution in [2.24, 2.45) is 5.73 Å². The van der Waals surface area contributed by atoms with Crippen LogP contribution >= 0.6 is 0 Å². The Morgan fingerprint density at radius 1 is 0.947 bits per heavy atom. The third kappa shape index (κ3) is 4.11. The lowest BCUT2D eigenvalue weighted by Gasteiger charge is -2.08. The van der Waals surface area contributed by atoms with Crippen molar-refractivity contribution in [1.82, 2.24) is 0 Å². The Hall–Kier alpha value is -1.80. The summed E-state index contributed by atoms with van der Waals surface area (Å²) in [5.74, 6) is 0.908. The van der Waals surface area contributed by atoms with Crippen LogP contribution in [0.5, 0.6) is 5.75 Å². The maximum Gasteiger partial charge on any atom is 0.120 e. The SMILES string of the molecule is CCc1ccc(COc2cccc(CCN)c2)cc1. The number of hydrogen-bond acceptors (Lipinski definition) is 2. The van der Waals surface area contributed by atoms with Gasteiger partial charge < -0.3 is 10.5 Å². The van der Waals surface area contributed by atoms with Gasteiger partial charge in [-0.2, -0.15) is 0 Å². The van der Waals surface area contributed by atoms with Crippen molar-refractivity contribution in [2.45, 2.75) is 26.4 Å². The molecule has 0 radical (unpaired) electrons. The molecule has 0 fully saturated rings. The van der Waals surface area contributed by atoms with Gasteiger partial charge in [0.05, 0.1) is 0 Å². The standard InChI is InChI=1S/C17H21NO/c1-2-14-6-8-16(9-7-14)13-19-17-5-3-4-15(12-17)10-11-18/h3-9,12H,2,10-11,13,18H2,1H3. The first-order valence-corrected chi connectivity index (χ1v) is 6.81. The summed E-state index contributed by atoms with van der Waals surface area (Å²) in [5.41, 5.74) is 9.34. The molecule has 2 rings (SSSR count). The molecule has 0 saturated heterocycles. The molecule has 0 atom stereocenters. The molecule has 2 heteroatoms. The second-order valence-corrected chi connectivity index (χ2v) is 4.64. The Labute approximate surface area is 115 Å². The van der Waals surface area contributed by atoms with E-state index >= 15 is 0 Å². The molecular weight excluding hydrogens is 234 g/mol. The lowest BCUT2D eigenvalue weighted by molar-refractivity contribution is 0.306. The summed E-state index contributed by atoms with van der Waals surface area (Å²) in [6, 6.07) is 16.7. The molecule has 2 aromatic rings. The largest absolute Gasteiger partial charge is 0.489 e. The lowest BCUT2D eigenvalue weighted by Crippen LogP contribution is -2.03. The van der Waals surface area contributed by atoms with Crippen LogP contribution in [-0.2, 0) is 19.4 Å². The minimum atomic E-state index is 0.607. The Balaban J connectivity index is 1.95. The summed E-state index contributed by atoms with van der Waals surface area (Å²) in [6.45, 7) is 3.44. The van der Waals surface area contributed by atoms with Gasteiger partial charge in [-0.25, -0.2) is 0 Å². The van der Waals surface area contributed by atoms with Gasteiger partial charge in [-0.15, -0.1) is 0 Å². The van der Waals surface area contributed by atoms with Crippen molar-refractivity contribution in [3.63, 3.8) is 0 Å². The fraction of sp³-hybridized carbons (Fsp3) is 0.294. The molecule has 100 valence electrons. The van der Waals surface area contributed by atoms with Crippen LogP contribution in [0.15, 0.2) is 48.5 Å². The van der Waals surface area contributed by atoms with Crippen molar-refractivity contribution in [3.05, 3.63) is 65.2 Å². The lowest BCUT2D eigenvalue weighted by atomic mass is 10.1. The molecular formula is C17H21NO. The number of hydrogen-bond donors (Lipinski definition) is 1. The molecule has 0 amide bonds. The predicted molar refractivity (Wildman–Crippen MR) is 79.4 cm³/mol. The number of ether oxygens (including phenoxy) is 1. The summed E-state index contributed by atoms with van der Waals surface area (Å²) in [5, 5.41) is 0.